The number of amides is 1. The lowest BCUT2D eigenvalue weighted by Crippen LogP contribution is -2.65. The zero-order valence-corrected chi connectivity index (χ0v) is 21.3. The normalized spacial score (nSPS) is 24.7. The van der Waals surface area contributed by atoms with Crippen LogP contribution in [0.1, 0.15) is 32.3 Å². The molecule has 1 aromatic heterocycles. The molecule has 0 N–H and O–H groups in total. The largest absolute Gasteiger partial charge is 0.446 e. The summed E-state index contributed by atoms with van der Waals surface area (Å²) < 4.78 is 29.2. The summed E-state index contributed by atoms with van der Waals surface area (Å²) in [6, 6.07) is 10.4. The van der Waals surface area contributed by atoms with E-state index in [1.54, 1.807) is 0 Å². The first-order chi connectivity index (χ1) is 16.6. The van der Waals surface area contributed by atoms with Gasteiger partial charge in [-0.2, -0.15) is 0 Å². The van der Waals surface area contributed by atoms with Crippen LogP contribution in [0.2, 0.25) is 0 Å². The summed E-state index contributed by atoms with van der Waals surface area (Å²) in [5, 5.41) is -0.0440. The minimum Gasteiger partial charge on any atom is -0.446 e. The molecule has 3 fully saturated rings. The number of nitrogens with zero attached hydrogens (tertiary/aromatic N) is 5. The number of sulfone groups is 1. The molecular formula is C25H33N5O4S. The molecule has 2 aliphatic heterocycles. The third kappa shape index (κ3) is 4.99. The van der Waals surface area contributed by atoms with E-state index in [0.717, 1.165) is 38.7 Å². The maximum Gasteiger partial charge on any atom is 0.410 e. The van der Waals surface area contributed by atoms with E-state index in [9.17, 15) is 13.2 Å². The Bertz CT molecular complexity index is 1150. The highest BCUT2D eigenvalue weighted by atomic mass is 32.2. The van der Waals surface area contributed by atoms with Gasteiger partial charge in [0.2, 0.25) is 0 Å². The van der Waals surface area contributed by atoms with Crippen molar-refractivity contribution in [2.75, 3.05) is 37.3 Å². The van der Waals surface area contributed by atoms with Crippen molar-refractivity contribution >= 4 is 21.7 Å². The lowest BCUT2D eigenvalue weighted by Gasteiger charge is -2.58. The molecule has 10 heteroatoms. The highest BCUT2D eigenvalue weighted by Gasteiger charge is 2.54. The van der Waals surface area contributed by atoms with E-state index < -0.39 is 9.84 Å². The van der Waals surface area contributed by atoms with Gasteiger partial charge in [-0.15, -0.1) is 0 Å². The van der Waals surface area contributed by atoms with Crippen molar-refractivity contribution in [3.05, 3.63) is 48.3 Å². The molecule has 9 nitrogen and oxygen atoms in total. The molecular weight excluding hydrogens is 466 g/mol. The van der Waals surface area contributed by atoms with Crippen LogP contribution in [-0.4, -0.2) is 84.9 Å². The third-order valence-corrected chi connectivity index (χ3v) is 8.37. The monoisotopic (exact) mass is 499 g/mol. The lowest BCUT2D eigenvalue weighted by molar-refractivity contribution is -0.137. The summed E-state index contributed by atoms with van der Waals surface area (Å²) in [5.41, 5.74) is 1.65. The summed E-state index contributed by atoms with van der Waals surface area (Å²) in [6.07, 6.45) is 5.51. The topological polar surface area (TPSA) is 95.9 Å². The predicted molar refractivity (Wildman–Crippen MR) is 132 cm³/mol. The highest BCUT2D eigenvalue weighted by Crippen LogP contribution is 2.50. The molecule has 2 atom stereocenters. The van der Waals surface area contributed by atoms with Crippen molar-refractivity contribution in [1.29, 1.82) is 0 Å². The molecule has 0 unspecified atom stereocenters. The van der Waals surface area contributed by atoms with Gasteiger partial charge in [-0.1, -0.05) is 30.3 Å². The number of aromatic nitrogens is 2. The Balaban J connectivity index is 1.10. The van der Waals surface area contributed by atoms with Gasteiger partial charge in [0.25, 0.3) is 0 Å². The van der Waals surface area contributed by atoms with Gasteiger partial charge in [-0.25, -0.2) is 23.2 Å². The fourth-order valence-electron chi connectivity index (χ4n) is 5.84. The number of piperazine rings is 1. The van der Waals surface area contributed by atoms with E-state index in [2.05, 4.69) is 39.1 Å². The van der Waals surface area contributed by atoms with Crippen molar-refractivity contribution in [2.45, 2.75) is 56.4 Å². The van der Waals surface area contributed by atoms with E-state index in [4.69, 9.17) is 4.74 Å². The molecule has 188 valence electrons. The minimum atomic E-state index is -3.39. The Morgan fingerprint density at radius 3 is 2.29 bits per heavy atom. The molecule has 0 radical (unpaired) electrons. The quantitative estimate of drug-likeness (QED) is 0.620. The Labute approximate surface area is 207 Å². The molecule has 2 saturated heterocycles. The van der Waals surface area contributed by atoms with E-state index in [1.165, 1.54) is 18.0 Å². The van der Waals surface area contributed by atoms with Crippen LogP contribution >= 0.6 is 0 Å². The van der Waals surface area contributed by atoms with Crippen LogP contribution in [0.15, 0.2) is 47.8 Å². The minimum absolute atomic E-state index is 0.00629. The molecule has 1 aliphatic carbocycles. The number of benzene rings is 1. The number of likely N-dealkylation sites (tertiary alicyclic amines) is 1. The van der Waals surface area contributed by atoms with Gasteiger partial charge in [0, 0.05) is 44.4 Å². The summed E-state index contributed by atoms with van der Waals surface area (Å²) in [6.45, 7) is 8.27. The van der Waals surface area contributed by atoms with Crippen LogP contribution in [0.4, 0.5) is 10.6 Å². The Morgan fingerprint density at radius 2 is 1.71 bits per heavy atom. The van der Waals surface area contributed by atoms with Gasteiger partial charge in [-0.05, 0) is 32.3 Å². The zero-order chi connectivity index (χ0) is 24.8. The van der Waals surface area contributed by atoms with E-state index in [1.807, 2.05) is 29.7 Å². The van der Waals surface area contributed by atoms with Crippen LogP contribution in [0.25, 0.3) is 0 Å². The molecule has 0 bridgehead atoms. The van der Waals surface area contributed by atoms with Gasteiger partial charge < -0.3 is 9.64 Å². The van der Waals surface area contributed by atoms with Crippen LogP contribution in [0.3, 0.4) is 0 Å². The number of hydrogen-bond donors (Lipinski definition) is 0. The first-order valence-electron chi connectivity index (χ1n) is 12.1. The van der Waals surface area contributed by atoms with Crippen LogP contribution < -0.4 is 4.90 Å². The summed E-state index contributed by atoms with van der Waals surface area (Å²) in [7, 11) is -3.39. The van der Waals surface area contributed by atoms with Crippen molar-refractivity contribution in [3.63, 3.8) is 0 Å². The van der Waals surface area contributed by atoms with Gasteiger partial charge in [-0.3, -0.25) is 9.80 Å². The van der Waals surface area contributed by atoms with Gasteiger partial charge in [0.05, 0.1) is 24.5 Å². The second-order valence-electron chi connectivity index (χ2n) is 10.5. The Morgan fingerprint density at radius 1 is 1.06 bits per heavy atom. The maximum atomic E-state index is 13.0. The fourth-order valence-corrected chi connectivity index (χ4v) is 6.33. The maximum absolute atomic E-state index is 13.0. The average molecular weight is 500 g/mol. The Kier molecular flexibility index (Phi) is 6.21. The Hall–Kier alpha value is -2.72. The molecule has 1 spiro atoms. The molecule has 1 saturated carbocycles. The molecule has 1 aromatic carbocycles. The molecule has 3 aliphatic rings. The standard InChI is InChI=1S/C25H33N5O4S/c1-18-13-29(22-11-27-23(12-26-22)35(3,32)33)14-19(2)30(18)24(31)34-21-9-25(10-21)16-28(17-25)15-20-7-5-4-6-8-20/h4-8,11-12,18-19,21H,9-10,13-17H2,1-3H3/t18-,19+. The van der Waals surface area contributed by atoms with E-state index in [-0.39, 0.29) is 29.3 Å². The van der Waals surface area contributed by atoms with Crippen molar-refractivity contribution in [3.8, 4) is 0 Å². The summed E-state index contributed by atoms with van der Waals surface area (Å²) in [4.78, 5) is 27.7. The second-order valence-corrected chi connectivity index (χ2v) is 12.5. The molecule has 35 heavy (non-hydrogen) atoms. The van der Waals surface area contributed by atoms with E-state index in [0.29, 0.717) is 24.3 Å². The van der Waals surface area contributed by atoms with Crippen molar-refractivity contribution < 1.29 is 17.9 Å². The van der Waals surface area contributed by atoms with Crippen molar-refractivity contribution in [1.82, 2.24) is 19.8 Å². The second kappa shape index (κ2) is 9.05. The number of carbonyl (C=O) groups excluding carboxylic acids is 1. The number of ether oxygens (including phenoxy) is 1. The third-order valence-electron chi connectivity index (χ3n) is 7.40. The SMILES string of the molecule is C[C@@H]1CN(c2cnc(S(C)(=O)=O)cn2)C[C@H](C)N1C(=O)OC1CC2(C1)CN(Cc1ccccc1)C2. The van der Waals surface area contributed by atoms with Crippen molar-refractivity contribution in [2.24, 2.45) is 5.41 Å². The van der Waals surface area contributed by atoms with Gasteiger partial charge in [0.1, 0.15) is 11.9 Å². The average Bonchev–Trinajstić information content (AvgIpc) is 2.76. The number of hydrogen-bond acceptors (Lipinski definition) is 8. The smallest absolute Gasteiger partial charge is 0.410 e. The lowest BCUT2D eigenvalue weighted by atomic mass is 9.61. The summed E-state index contributed by atoms with van der Waals surface area (Å²) in [5.74, 6) is 0.607. The molecule has 5 rings (SSSR count). The predicted octanol–water partition coefficient (Wildman–Crippen LogP) is 2.58. The first-order valence-corrected chi connectivity index (χ1v) is 14.0. The van der Waals surface area contributed by atoms with Gasteiger partial charge in [0.15, 0.2) is 14.9 Å². The zero-order valence-electron chi connectivity index (χ0n) is 20.5. The number of carbonyl (C=O) groups is 1. The molecule has 3 heterocycles. The number of rotatable bonds is 5. The highest BCUT2D eigenvalue weighted by molar-refractivity contribution is 7.90. The summed E-state index contributed by atoms with van der Waals surface area (Å²) >= 11 is 0. The molecule has 1 amide bonds. The van der Waals surface area contributed by atoms with Crippen LogP contribution in [0.5, 0.6) is 0 Å². The first kappa shape index (κ1) is 24.0. The fraction of sp³-hybridized carbons (Fsp3) is 0.560. The van der Waals surface area contributed by atoms with E-state index >= 15 is 0 Å². The number of anilines is 1. The van der Waals surface area contributed by atoms with Crippen LogP contribution in [0, 0.1) is 5.41 Å². The molecule has 2 aromatic rings. The van der Waals surface area contributed by atoms with Gasteiger partial charge >= 0.3 is 6.09 Å². The van der Waals surface area contributed by atoms with Crippen LogP contribution in [-0.2, 0) is 21.1 Å².